The van der Waals surface area contributed by atoms with Crippen LogP contribution in [0.15, 0.2) is 12.2 Å². The molecule has 5 nitrogen and oxygen atoms in total. The fourth-order valence-electron chi connectivity index (χ4n) is 7.44. The highest BCUT2D eigenvalue weighted by Gasteiger charge is 2.61. The van der Waals surface area contributed by atoms with Crippen molar-refractivity contribution in [3.8, 4) is 0 Å². The molecule has 7 unspecified atom stereocenters. The third kappa shape index (κ3) is 4.93. The molecular formula is C27H44O5. The molecule has 5 heteroatoms. The van der Waals surface area contributed by atoms with Crippen molar-refractivity contribution in [3.05, 3.63) is 12.2 Å². The van der Waals surface area contributed by atoms with Crippen LogP contribution < -0.4 is 0 Å². The molecule has 0 spiro atoms. The Labute approximate surface area is 194 Å². The van der Waals surface area contributed by atoms with Crippen molar-refractivity contribution in [3.63, 3.8) is 0 Å². The van der Waals surface area contributed by atoms with E-state index in [2.05, 4.69) is 34.3 Å². The molecule has 3 saturated carbocycles. The number of fused-ring (bicyclic) bond motifs is 3. The Morgan fingerprint density at radius 1 is 1.09 bits per heavy atom. The predicted octanol–water partition coefficient (Wildman–Crippen LogP) is 5.30. The second-order valence-electron chi connectivity index (χ2n) is 11.7. The Hall–Kier alpha value is -1.36. The van der Waals surface area contributed by atoms with Gasteiger partial charge in [-0.25, -0.2) is 4.79 Å². The van der Waals surface area contributed by atoms with Gasteiger partial charge < -0.3 is 14.6 Å². The minimum Gasteiger partial charge on any atom is -0.462 e. The molecule has 0 aromatic heterocycles. The summed E-state index contributed by atoms with van der Waals surface area (Å²) in [6.07, 6.45) is 8.39. The lowest BCUT2D eigenvalue weighted by Gasteiger charge is -2.62. The Morgan fingerprint density at radius 2 is 1.78 bits per heavy atom. The topological polar surface area (TPSA) is 72.8 Å². The Morgan fingerprint density at radius 3 is 2.44 bits per heavy atom. The maximum atomic E-state index is 13.5. The van der Waals surface area contributed by atoms with Crippen LogP contribution in [-0.4, -0.2) is 36.4 Å². The molecule has 0 saturated heterocycles. The van der Waals surface area contributed by atoms with Gasteiger partial charge in [-0.05, 0) is 87.4 Å². The van der Waals surface area contributed by atoms with Crippen molar-refractivity contribution >= 4 is 11.9 Å². The molecule has 0 amide bonds. The summed E-state index contributed by atoms with van der Waals surface area (Å²) in [5.41, 5.74) is -0.0576. The smallest absolute Gasteiger partial charge is 0.333 e. The highest BCUT2D eigenvalue weighted by Crippen LogP contribution is 2.65. The number of aliphatic hydroxyl groups excluding tert-OH is 1. The van der Waals surface area contributed by atoms with E-state index in [9.17, 15) is 14.7 Å². The van der Waals surface area contributed by atoms with Gasteiger partial charge in [-0.3, -0.25) is 4.79 Å². The zero-order valence-electron chi connectivity index (χ0n) is 20.8. The van der Waals surface area contributed by atoms with Crippen LogP contribution >= 0.6 is 0 Å². The molecule has 3 rings (SSSR count). The number of ether oxygens (including phenoxy) is 2. The molecule has 3 fully saturated rings. The molecule has 1 N–H and O–H groups in total. The fourth-order valence-corrected chi connectivity index (χ4v) is 7.44. The summed E-state index contributed by atoms with van der Waals surface area (Å²) in [7, 11) is 0. The van der Waals surface area contributed by atoms with Crippen LogP contribution in [0.4, 0.5) is 0 Å². The molecule has 3 aliphatic rings. The van der Waals surface area contributed by atoms with Gasteiger partial charge in [0.05, 0.1) is 5.41 Å². The van der Waals surface area contributed by atoms with Crippen LogP contribution in [0.1, 0.15) is 86.0 Å². The minimum absolute atomic E-state index is 0.149. The first kappa shape index (κ1) is 25.3. The Balaban J connectivity index is 1.71. The summed E-state index contributed by atoms with van der Waals surface area (Å²) in [4.78, 5) is 25.0. The van der Waals surface area contributed by atoms with Crippen molar-refractivity contribution in [1.29, 1.82) is 0 Å². The number of rotatable bonds is 7. The van der Waals surface area contributed by atoms with Gasteiger partial charge in [0.25, 0.3) is 0 Å². The Kier molecular flexibility index (Phi) is 7.79. The SMILES string of the molecule is C=C(C)C(=O)OCC(O)COC(=O)C1(C)CC2CC(C(C)C)CCC2C2(C)CCCCC12. The lowest BCUT2D eigenvalue weighted by Crippen LogP contribution is -2.58. The average Bonchev–Trinajstić information content (AvgIpc) is 2.75. The molecule has 0 heterocycles. The first-order valence-electron chi connectivity index (χ1n) is 12.7. The highest BCUT2D eigenvalue weighted by atomic mass is 16.6. The van der Waals surface area contributed by atoms with Crippen LogP contribution in [0.2, 0.25) is 0 Å². The normalized spacial score (nSPS) is 37.7. The molecule has 32 heavy (non-hydrogen) atoms. The van der Waals surface area contributed by atoms with Crippen molar-refractivity contribution in [2.75, 3.05) is 13.2 Å². The fraction of sp³-hybridized carbons (Fsp3) is 0.852. The van der Waals surface area contributed by atoms with E-state index >= 15 is 0 Å². The summed E-state index contributed by atoms with van der Waals surface area (Å²) in [5, 5.41) is 10.2. The van der Waals surface area contributed by atoms with Crippen molar-refractivity contribution in [2.45, 2.75) is 92.1 Å². The largest absolute Gasteiger partial charge is 0.462 e. The maximum absolute atomic E-state index is 13.5. The van der Waals surface area contributed by atoms with Crippen molar-refractivity contribution in [1.82, 2.24) is 0 Å². The second kappa shape index (κ2) is 9.87. The molecule has 0 aromatic rings. The summed E-state index contributed by atoms with van der Waals surface area (Å²) >= 11 is 0. The van der Waals surface area contributed by atoms with Crippen LogP contribution in [0.3, 0.4) is 0 Å². The van der Waals surface area contributed by atoms with Crippen LogP contribution in [0.25, 0.3) is 0 Å². The lowest BCUT2D eigenvalue weighted by atomic mass is 9.42. The highest BCUT2D eigenvalue weighted by molar-refractivity contribution is 5.86. The molecule has 0 bridgehead atoms. The molecule has 0 radical (unpaired) electrons. The Bertz CT molecular complexity index is 715. The van der Waals surface area contributed by atoms with Gasteiger partial charge in [-0.2, -0.15) is 0 Å². The van der Waals surface area contributed by atoms with E-state index in [1.54, 1.807) is 6.92 Å². The van der Waals surface area contributed by atoms with Crippen LogP contribution in [0.5, 0.6) is 0 Å². The third-order valence-corrected chi connectivity index (χ3v) is 9.15. The summed E-state index contributed by atoms with van der Waals surface area (Å²) in [6.45, 7) is 14.0. The van der Waals surface area contributed by atoms with E-state index in [0.29, 0.717) is 23.7 Å². The first-order chi connectivity index (χ1) is 15.0. The van der Waals surface area contributed by atoms with Crippen molar-refractivity contribution < 1.29 is 24.2 Å². The summed E-state index contributed by atoms with van der Waals surface area (Å²) < 4.78 is 10.7. The monoisotopic (exact) mass is 448 g/mol. The predicted molar refractivity (Wildman–Crippen MR) is 125 cm³/mol. The zero-order valence-corrected chi connectivity index (χ0v) is 20.8. The van der Waals surface area contributed by atoms with E-state index < -0.39 is 17.5 Å². The number of carbonyl (C=O) groups excluding carboxylic acids is 2. The number of carbonyl (C=O) groups is 2. The molecule has 0 aromatic carbocycles. The van der Waals surface area contributed by atoms with E-state index in [-0.39, 0.29) is 30.2 Å². The van der Waals surface area contributed by atoms with E-state index in [1.807, 2.05) is 0 Å². The molecule has 182 valence electrons. The maximum Gasteiger partial charge on any atom is 0.333 e. The van der Waals surface area contributed by atoms with Gasteiger partial charge in [0, 0.05) is 5.57 Å². The lowest BCUT2D eigenvalue weighted by molar-refractivity contribution is -0.188. The number of esters is 2. The summed E-state index contributed by atoms with van der Waals surface area (Å²) in [6, 6.07) is 0. The second-order valence-corrected chi connectivity index (χ2v) is 11.7. The minimum atomic E-state index is -1.03. The van der Waals surface area contributed by atoms with Crippen LogP contribution in [-0.2, 0) is 19.1 Å². The number of hydrogen-bond acceptors (Lipinski definition) is 5. The van der Waals surface area contributed by atoms with Gasteiger partial charge in [0.15, 0.2) is 0 Å². The van der Waals surface area contributed by atoms with E-state index in [1.165, 1.54) is 38.5 Å². The average molecular weight is 449 g/mol. The van der Waals surface area contributed by atoms with Crippen molar-refractivity contribution in [2.24, 2.45) is 40.4 Å². The molecule has 0 aliphatic heterocycles. The van der Waals surface area contributed by atoms with Gasteiger partial charge in [0.2, 0.25) is 0 Å². The summed E-state index contributed by atoms with van der Waals surface area (Å²) in [5.74, 6) is 2.28. The molecule has 7 atom stereocenters. The first-order valence-corrected chi connectivity index (χ1v) is 12.7. The quantitative estimate of drug-likeness (QED) is 0.422. The standard InChI is InChI=1S/C27H44O5/c1-17(2)19-10-11-22-20(13-19)14-27(6,23-9-7-8-12-26(22,23)5)25(30)32-16-21(28)15-31-24(29)18(3)4/h17,19-23,28H,3,7-16H2,1-2,4-6H3. The van der Waals surface area contributed by atoms with Gasteiger partial charge in [0.1, 0.15) is 19.3 Å². The molecular weight excluding hydrogens is 404 g/mol. The van der Waals surface area contributed by atoms with Gasteiger partial charge >= 0.3 is 11.9 Å². The third-order valence-electron chi connectivity index (χ3n) is 9.15. The zero-order chi connectivity index (χ0) is 23.7. The van der Waals surface area contributed by atoms with Gasteiger partial charge in [-0.1, -0.05) is 40.2 Å². The van der Waals surface area contributed by atoms with Gasteiger partial charge in [-0.15, -0.1) is 0 Å². The number of hydrogen-bond donors (Lipinski definition) is 1. The number of aliphatic hydroxyl groups is 1. The van der Waals surface area contributed by atoms with Crippen LogP contribution in [0, 0.1) is 40.4 Å². The molecule has 3 aliphatic carbocycles. The van der Waals surface area contributed by atoms with E-state index in [4.69, 9.17) is 9.47 Å². The van der Waals surface area contributed by atoms with E-state index in [0.717, 1.165) is 18.8 Å².